The number of benzene rings is 2. The van der Waals surface area contributed by atoms with Crippen molar-refractivity contribution in [2.24, 2.45) is 0 Å². The van der Waals surface area contributed by atoms with Crippen molar-refractivity contribution in [1.29, 1.82) is 0 Å². The third-order valence-electron chi connectivity index (χ3n) is 6.02. The van der Waals surface area contributed by atoms with E-state index in [1.165, 1.54) is 11.1 Å². The highest BCUT2D eigenvalue weighted by atomic mass is 16.7. The lowest BCUT2D eigenvalue weighted by atomic mass is 9.92. The Labute approximate surface area is 179 Å². The minimum atomic E-state index is -1.14. The number of carbonyl (C=O) groups is 3. The predicted molar refractivity (Wildman–Crippen MR) is 112 cm³/mol. The van der Waals surface area contributed by atoms with E-state index in [0.717, 1.165) is 29.7 Å². The zero-order chi connectivity index (χ0) is 21.6. The Hall–Kier alpha value is -3.55. The molecule has 1 fully saturated rings. The summed E-state index contributed by atoms with van der Waals surface area (Å²) in [6, 6.07) is 10.7. The van der Waals surface area contributed by atoms with Gasteiger partial charge in [0.1, 0.15) is 12.1 Å². The number of nitrogens with zero attached hydrogens (tertiary/aromatic N) is 1. The first-order chi connectivity index (χ1) is 14.9. The molecule has 0 bridgehead atoms. The third-order valence-corrected chi connectivity index (χ3v) is 6.02. The lowest BCUT2D eigenvalue weighted by Crippen LogP contribution is -2.46. The highest BCUT2D eigenvalue weighted by Crippen LogP contribution is 2.34. The van der Waals surface area contributed by atoms with Crippen molar-refractivity contribution < 1.29 is 23.9 Å². The molecule has 5 rings (SSSR count). The van der Waals surface area contributed by atoms with E-state index < -0.39 is 23.4 Å². The average molecular weight is 421 g/mol. The summed E-state index contributed by atoms with van der Waals surface area (Å²) in [5.41, 5.74) is 2.92. The Balaban J connectivity index is 1.25. The first kappa shape index (κ1) is 19.4. The summed E-state index contributed by atoms with van der Waals surface area (Å²) >= 11 is 0. The van der Waals surface area contributed by atoms with Crippen molar-refractivity contribution in [1.82, 2.24) is 10.2 Å². The molecule has 0 aromatic heterocycles. The summed E-state index contributed by atoms with van der Waals surface area (Å²) in [5, 5.41) is 5.54. The molecule has 2 N–H and O–H groups in total. The molecule has 8 nitrogen and oxygen atoms in total. The van der Waals surface area contributed by atoms with Crippen molar-refractivity contribution >= 4 is 23.5 Å². The van der Waals surface area contributed by atoms with Gasteiger partial charge in [0.15, 0.2) is 11.5 Å². The number of amides is 4. The summed E-state index contributed by atoms with van der Waals surface area (Å²) in [5.74, 6) is 0.428. The number of anilines is 1. The van der Waals surface area contributed by atoms with Gasteiger partial charge in [-0.3, -0.25) is 14.5 Å². The van der Waals surface area contributed by atoms with E-state index in [0.29, 0.717) is 17.2 Å². The molecule has 2 aromatic carbocycles. The number of carbonyl (C=O) groups excluding carboxylic acids is 3. The summed E-state index contributed by atoms with van der Waals surface area (Å²) < 4.78 is 10.7. The fourth-order valence-electron chi connectivity index (χ4n) is 4.46. The number of nitrogens with one attached hydrogen (secondary N) is 2. The number of fused-ring (bicyclic) bond motifs is 2. The molecule has 1 aliphatic carbocycles. The second-order valence-corrected chi connectivity index (χ2v) is 8.40. The molecule has 2 heterocycles. The number of urea groups is 1. The third kappa shape index (κ3) is 3.58. The first-order valence-corrected chi connectivity index (χ1v) is 10.4. The topological polar surface area (TPSA) is 97.0 Å². The fraction of sp³-hybridized carbons (Fsp3) is 0.348. The van der Waals surface area contributed by atoms with E-state index in [-0.39, 0.29) is 19.8 Å². The number of aryl methyl sites for hydroxylation is 2. The summed E-state index contributed by atoms with van der Waals surface area (Å²) in [4.78, 5) is 39.0. The number of rotatable bonds is 5. The maximum Gasteiger partial charge on any atom is 0.325 e. The quantitative estimate of drug-likeness (QED) is 0.723. The zero-order valence-electron chi connectivity index (χ0n) is 17.2. The smallest absolute Gasteiger partial charge is 0.325 e. The van der Waals surface area contributed by atoms with Crippen LogP contribution in [0.5, 0.6) is 11.5 Å². The molecule has 8 heteroatoms. The van der Waals surface area contributed by atoms with Crippen LogP contribution in [0.1, 0.15) is 30.0 Å². The SMILES string of the molecule is C[C@]1(Cc2ccc3c(c2)OCO3)NC(=O)N(CC(=O)Nc2ccc3c(c2)CCC3)C1=O. The van der Waals surface area contributed by atoms with Gasteiger partial charge in [0.2, 0.25) is 12.7 Å². The van der Waals surface area contributed by atoms with Crippen LogP contribution in [0.25, 0.3) is 0 Å². The van der Waals surface area contributed by atoms with Crippen LogP contribution in [0.15, 0.2) is 36.4 Å². The van der Waals surface area contributed by atoms with E-state index in [1.54, 1.807) is 19.1 Å². The van der Waals surface area contributed by atoms with Crippen molar-refractivity contribution in [2.75, 3.05) is 18.7 Å². The molecule has 1 atom stereocenters. The molecule has 160 valence electrons. The van der Waals surface area contributed by atoms with Gasteiger partial charge >= 0.3 is 6.03 Å². The molecule has 0 radical (unpaired) electrons. The Morgan fingerprint density at radius 2 is 1.90 bits per heavy atom. The predicted octanol–water partition coefficient (Wildman–Crippen LogP) is 2.40. The van der Waals surface area contributed by atoms with E-state index in [9.17, 15) is 14.4 Å². The standard InChI is InChI=1S/C23H23N3O5/c1-23(11-14-5-8-18-19(9-14)31-13-30-18)21(28)26(22(29)25-23)12-20(27)24-17-7-6-15-3-2-4-16(15)10-17/h5-10H,2-4,11-13H2,1H3,(H,24,27)(H,25,29)/t23-/m1/s1. The van der Waals surface area contributed by atoms with Crippen LogP contribution in [0, 0.1) is 0 Å². The average Bonchev–Trinajstić information content (AvgIpc) is 3.43. The molecular formula is C23H23N3O5. The molecule has 1 saturated heterocycles. The summed E-state index contributed by atoms with van der Waals surface area (Å²) in [6.45, 7) is 1.49. The van der Waals surface area contributed by atoms with Crippen LogP contribution in [0.4, 0.5) is 10.5 Å². The van der Waals surface area contributed by atoms with Gasteiger partial charge < -0.3 is 20.1 Å². The van der Waals surface area contributed by atoms with Crippen LogP contribution in [-0.4, -0.2) is 41.6 Å². The van der Waals surface area contributed by atoms with Gasteiger partial charge in [-0.05, 0) is 67.1 Å². The molecule has 0 saturated carbocycles. The molecule has 0 unspecified atom stereocenters. The van der Waals surface area contributed by atoms with Crippen molar-refractivity contribution in [3.63, 3.8) is 0 Å². The molecule has 3 aliphatic rings. The Bertz CT molecular complexity index is 1100. The Kier molecular flexibility index (Phi) is 4.57. The molecule has 2 aromatic rings. The normalized spacial score (nSPS) is 21.3. The van der Waals surface area contributed by atoms with E-state index in [2.05, 4.69) is 10.6 Å². The highest BCUT2D eigenvalue weighted by molar-refractivity contribution is 6.10. The second kappa shape index (κ2) is 7.30. The van der Waals surface area contributed by atoms with Crippen LogP contribution < -0.4 is 20.1 Å². The molecule has 0 spiro atoms. The van der Waals surface area contributed by atoms with E-state index in [1.807, 2.05) is 24.3 Å². The van der Waals surface area contributed by atoms with Crippen molar-refractivity contribution in [3.8, 4) is 11.5 Å². The van der Waals surface area contributed by atoms with Crippen molar-refractivity contribution in [2.45, 2.75) is 38.1 Å². The minimum Gasteiger partial charge on any atom is -0.454 e. The lowest BCUT2D eigenvalue weighted by molar-refractivity contribution is -0.133. The summed E-state index contributed by atoms with van der Waals surface area (Å²) in [7, 11) is 0. The highest BCUT2D eigenvalue weighted by Gasteiger charge is 2.48. The van der Waals surface area contributed by atoms with Gasteiger partial charge in [0, 0.05) is 12.1 Å². The molecule has 31 heavy (non-hydrogen) atoms. The van der Waals surface area contributed by atoms with Gasteiger partial charge in [-0.1, -0.05) is 12.1 Å². The van der Waals surface area contributed by atoms with Crippen LogP contribution in [0.2, 0.25) is 0 Å². The van der Waals surface area contributed by atoms with Gasteiger partial charge in [-0.2, -0.15) is 0 Å². The molecule has 2 aliphatic heterocycles. The van der Waals surface area contributed by atoms with Crippen LogP contribution in [-0.2, 0) is 28.9 Å². The molecule has 4 amide bonds. The van der Waals surface area contributed by atoms with Crippen LogP contribution >= 0.6 is 0 Å². The van der Waals surface area contributed by atoms with E-state index in [4.69, 9.17) is 9.47 Å². The van der Waals surface area contributed by atoms with Crippen LogP contribution in [0.3, 0.4) is 0 Å². The van der Waals surface area contributed by atoms with E-state index >= 15 is 0 Å². The first-order valence-electron chi connectivity index (χ1n) is 10.4. The van der Waals surface area contributed by atoms with Gasteiger partial charge in [-0.25, -0.2) is 4.79 Å². The lowest BCUT2D eigenvalue weighted by Gasteiger charge is -2.22. The number of hydrogen-bond acceptors (Lipinski definition) is 5. The number of hydrogen-bond donors (Lipinski definition) is 2. The maximum absolute atomic E-state index is 13.0. The second-order valence-electron chi connectivity index (χ2n) is 8.40. The largest absolute Gasteiger partial charge is 0.454 e. The number of imide groups is 1. The van der Waals surface area contributed by atoms with Gasteiger partial charge in [0.25, 0.3) is 5.91 Å². The maximum atomic E-state index is 13.0. The Morgan fingerprint density at radius 3 is 2.77 bits per heavy atom. The van der Waals surface area contributed by atoms with Crippen molar-refractivity contribution in [3.05, 3.63) is 53.1 Å². The molecular weight excluding hydrogens is 398 g/mol. The van der Waals surface area contributed by atoms with Gasteiger partial charge in [-0.15, -0.1) is 0 Å². The monoisotopic (exact) mass is 421 g/mol. The minimum absolute atomic E-state index is 0.166. The summed E-state index contributed by atoms with van der Waals surface area (Å²) in [6.07, 6.45) is 3.46. The fourth-order valence-corrected chi connectivity index (χ4v) is 4.46. The number of ether oxygens (including phenoxy) is 2. The Morgan fingerprint density at radius 1 is 1.10 bits per heavy atom. The van der Waals surface area contributed by atoms with Gasteiger partial charge in [0.05, 0.1) is 0 Å². The zero-order valence-corrected chi connectivity index (χ0v) is 17.2.